The minimum absolute atomic E-state index is 0.00944. The summed E-state index contributed by atoms with van der Waals surface area (Å²) in [5.74, 6) is -1.88. The zero-order valence-corrected chi connectivity index (χ0v) is 22.6. The second-order valence-corrected chi connectivity index (χ2v) is 10.8. The van der Waals surface area contributed by atoms with Gasteiger partial charge in [0.1, 0.15) is 16.6 Å². The summed E-state index contributed by atoms with van der Waals surface area (Å²) < 4.78 is 27.6. The van der Waals surface area contributed by atoms with Gasteiger partial charge in [-0.05, 0) is 54.5 Å². The summed E-state index contributed by atoms with van der Waals surface area (Å²) in [5.41, 5.74) is 2.56. The van der Waals surface area contributed by atoms with E-state index in [1.54, 1.807) is 0 Å². The minimum atomic E-state index is -1.05. The lowest BCUT2D eigenvalue weighted by atomic mass is 10.00. The molecule has 0 unspecified atom stereocenters. The molecule has 2 aromatic carbocycles. The largest absolute Gasteiger partial charge is 0.390 e. The maximum absolute atomic E-state index is 13.8. The van der Waals surface area contributed by atoms with E-state index in [9.17, 15) is 23.5 Å². The number of rotatable bonds is 14. The van der Waals surface area contributed by atoms with E-state index in [1.807, 2.05) is 18.2 Å². The number of amides is 2. The number of hydrogen-bond donors (Lipinski definition) is 4. The maximum atomic E-state index is 13.8. The Balaban J connectivity index is 1.31. The van der Waals surface area contributed by atoms with Gasteiger partial charge in [0, 0.05) is 37.9 Å². The Hall–Kier alpha value is -3.28. The highest BCUT2D eigenvalue weighted by molar-refractivity contribution is 7.15. The zero-order valence-electron chi connectivity index (χ0n) is 21.8. The molecule has 0 saturated heterocycles. The van der Waals surface area contributed by atoms with Crippen LogP contribution in [0.3, 0.4) is 0 Å². The molecule has 4 N–H and O–H groups in total. The molecule has 1 aliphatic rings. The van der Waals surface area contributed by atoms with Crippen LogP contribution >= 0.6 is 11.3 Å². The molecule has 0 spiro atoms. The molecular formula is C28H33F2N5O3S. The van der Waals surface area contributed by atoms with Crippen LogP contribution in [0.2, 0.25) is 0 Å². The average molecular weight is 558 g/mol. The second-order valence-electron chi connectivity index (χ2n) is 9.80. The highest BCUT2D eigenvalue weighted by atomic mass is 32.1. The normalized spacial score (nSPS) is 14.6. The second kappa shape index (κ2) is 13.7. The lowest BCUT2D eigenvalue weighted by Crippen LogP contribution is -2.48. The molecule has 1 aliphatic carbocycles. The summed E-state index contributed by atoms with van der Waals surface area (Å²) in [4.78, 5) is 25.0. The molecule has 208 valence electrons. The Labute approximate surface area is 230 Å². The first kappa shape index (κ1) is 28.7. The van der Waals surface area contributed by atoms with Crippen molar-refractivity contribution in [2.45, 2.75) is 70.1 Å². The van der Waals surface area contributed by atoms with Crippen LogP contribution in [0.5, 0.6) is 0 Å². The van der Waals surface area contributed by atoms with Crippen LogP contribution in [0.4, 0.5) is 13.9 Å². The first-order valence-electron chi connectivity index (χ1n) is 13.1. The van der Waals surface area contributed by atoms with E-state index < -0.39 is 29.7 Å². The molecule has 0 bridgehead atoms. The predicted molar refractivity (Wildman–Crippen MR) is 145 cm³/mol. The van der Waals surface area contributed by atoms with E-state index in [0.717, 1.165) is 35.9 Å². The van der Waals surface area contributed by atoms with Gasteiger partial charge in [0.25, 0.3) is 0 Å². The van der Waals surface area contributed by atoms with E-state index in [2.05, 4.69) is 39.1 Å². The molecule has 1 heterocycles. The predicted octanol–water partition coefficient (Wildman–Crippen LogP) is 3.85. The lowest BCUT2D eigenvalue weighted by molar-refractivity contribution is -0.125. The molecule has 0 aliphatic heterocycles. The Morgan fingerprint density at radius 2 is 1.74 bits per heavy atom. The standard InChI is InChI=1S/C28H33F2N5O3S/c1-2-17-4-3-5-18(10-17)15-31-16-24(36)23(13-19-11-21(29)14-22(30)12-19)32-25(37)8-9-26(38)33-28-35-34-27(39-28)20-6-7-20/h3-5,10-12,14,20,23-24,31,36H,2,6-9,13,15-16H2,1H3,(H,32,37)(H,33,35,38)/t23-,24+/m0/s1. The van der Waals surface area contributed by atoms with Gasteiger partial charge in [-0.1, -0.05) is 42.5 Å². The summed E-state index contributed by atoms with van der Waals surface area (Å²) >= 11 is 1.34. The number of halogens is 2. The Bertz CT molecular complexity index is 1260. The molecule has 1 aromatic heterocycles. The van der Waals surface area contributed by atoms with Crippen molar-refractivity contribution in [3.05, 3.63) is 75.8 Å². The smallest absolute Gasteiger partial charge is 0.226 e. The molecule has 39 heavy (non-hydrogen) atoms. The van der Waals surface area contributed by atoms with Crippen LogP contribution in [0, 0.1) is 11.6 Å². The quantitative estimate of drug-likeness (QED) is 0.239. The van der Waals surface area contributed by atoms with Crippen molar-refractivity contribution in [2.75, 3.05) is 11.9 Å². The van der Waals surface area contributed by atoms with Crippen LogP contribution in [0.1, 0.15) is 60.2 Å². The first-order chi connectivity index (χ1) is 18.8. The van der Waals surface area contributed by atoms with Gasteiger partial charge in [-0.3, -0.25) is 9.59 Å². The van der Waals surface area contributed by atoms with Crippen molar-refractivity contribution in [3.63, 3.8) is 0 Å². The van der Waals surface area contributed by atoms with E-state index in [4.69, 9.17) is 0 Å². The van der Waals surface area contributed by atoms with E-state index in [0.29, 0.717) is 23.2 Å². The van der Waals surface area contributed by atoms with Crippen molar-refractivity contribution < 1.29 is 23.5 Å². The number of anilines is 1. The molecule has 2 amide bonds. The third kappa shape index (κ3) is 9.15. The summed E-state index contributed by atoms with van der Waals surface area (Å²) in [6.45, 7) is 2.72. The number of carbonyl (C=O) groups excluding carboxylic acids is 2. The highest BCUT2D eigenvalue weighted by Crippen LogP contribution is 2.42. The molecule has 2 atom stereocenters. The molecule has 3 aromatic rings. The van der Waals surface area contributed by atoms with Gasteiger partial charge >= 0.3 is 0 Å². The number of nitrogens with zero attached hydrogens (tertiary/aromatic N) is 2. The number of aliphatic hydroxyl groups excluding tert-OH is 1. The third-order valence-electron chi connectivity index (χ3n) is 6.46. The third-order valence-corrected chi connectivity index (χ3v) is 7.46. The minimum Gasteiger partial charge on any atom is -0.390 e. The van der Waals surface area contributed by atoms with Gasteiger partial charge in [-0.15, -0.1) is 10.2 Å². The SMILES string of the molecule is CCc1cccc(CNC[C@@H](O)[C@H](Cc2cc(F)cc(F)c2)NC(=O)CCC(=O)Nc2nnc(C3CC3)s2)c1. The van der Waals surface area contributed by atoms with Crippen LogP contribution in [0.25, 0.3) is 0 Å². The summed E-state index contributed by atoms with van der Waals surface area (Å²) in [5, 5.41) is 28.8. The number of aryl methyl sites for hydroxylation is 1. The van der Waals surface area contributed by atoms with Crippen molar-refractivity contribution in [2.24, 2.45) is 0 Å². The summed E-state index contributed by atoms with van der Waals surface area (Å²) in [7, 11) is 0. The first-order valence-corrected chi connectivity index (χ1v) is 13.9. The number of aromatic nitrogens is 2. The molecule has 4 rings (SSSR count). The molecule has 1 fully saturated rings. The van der Waals surface area contributed by atoms with Crippen LogP contribution in [-0.2, 0) is 29.0 Å². The van der Waals surface area contributed by atoms with Crippen LogP contribution in [0.15, 0.2) is 42.5 Å². The fourth-order valence-corrected chi connectivity index (χ4v) is 5.13. The number of carbonyl (C=O) groups is 2. The van der Waals surface area contributed by atoms with E-state index in [-0.39, 0.29) is 31.7 Å². The average Bonchev–Trinajstić information content (AvgIpc) is 3.65. The fourth-order valence-electron chi connectivity index (χ4n) is 4.20. The molecule has 11 heteroatoms. The molecular weight excluding hydrogens is 524 g/mol. The maximum Gasteiger partial charge on any atom is 0.226 e. The van der Waals surface area contributed by atoms with Crippen molar-refractivity contribution >= 4 is 28.3 Å². The lowest BCUT2D eigenvalue weighted by Gasteiger charge is -2.25. The van der Waals surface area contributed by atoms with Crippen molar-refractivity contribution in [1.29, 1.82) is 0 Å². The number of nitrogens with one attached hydrogen (secondary N) is 3. The van der Waals surface area contributed by atoms with Crippen LogP contribution in [-0.4, -0.2) is 45.8 Å². The summed E-state index contributed by atoms with van der Waals surface area (Å²) in [6.07, 6.45) is 1.82. The van der Waals surface area contributed by atoms with Crippen molar-refractivity contribution in [1.82, 2.24) is 20.8 Å². The topological polar surface area (TPSA) is 116 Å². The Morgan fingerprint density at radius 3 is 2.46 bits per heavy atom. The monoisotopic (exact) mass is 557 g/mol. The van der Waals surface area contributed by atoms with Gasteiger partial charge < -0.3 is 21.1 Å². The van der Waals surface area contributed by atoms with Gasteiger partial charge in [0.05, 0.1) is 12.1 Å². The molecule has 0 radical (unpaired) electrons. The molecule has 8 nitrogen and oxygen atoms in total. The van der Waals surface area contributed by atoms with Crippen molar-refractivity contribution in [3.8, 4) is 0 Å². The highest BCUT2D eigenvalue weighted by Gasteiger charge is 2.28. The van der Waals surface area contributed by atoms with Gasteiger partial charge in [-0.25, -0.2) is 8.78 Å². The van der Waals surface area contributed by atoms with Gasteiger partial charge in [0.2, 0.25) is 16.9 Å². The number of hydrogen-bond acceptors (Lipinski definition) is 7. The number of benzene rings is 2. The van der Waals surface area contributed by atoms with Gasteiger partial charge in [0.15, 0.2) is 0 Å². The summed E-state index contributed by atoms with van der Waals surface area (Å²) in [6, 6.07) is 10.3. The Kier molecular flexibility index (Phi) is 10.1. The van der Waals surface area contributed by atoms with E-state index in [1.165, 1.54) is 29.0 Å². The fraction of sp³-hybridized carbons (Fsp3) is 0.429. The van der Waals surface area contributed by atoms with Gasteiger partial charge in [-0.2, -0.15) is 0 Å². The van der Waals surface area contributed by atoms with E-state index >= 15 is 0 Å². The van der Waals surface area contributed by atoms with Crippen LogP contribution < -0.4 is 16.0 Å². The number of aliphatic hydroxyl groups is 1. The Morgan fingerprint density at radius 1 is 1.03 bits per heavy atom. The zero-order chi connectivity index (χ0) is 27.8. The molecule has 1 saturated carbocycles.